The minimum Gasteiger partial charge on any atom is -0.395 e. The van der Waals surface area contributed by atoms with Gasteiger partial charge in [0, 0.05) is 12.1 Å². The predicted molar refractivity (Wildman–Crippen MR) is 51.2 cm³/mol. The van der Waals surface area contributed by atoms with E-state index in [-0.39, 0.29) is 6.61 Å². The zero-order chi connectivity index (χ0) is 8.81. The SMILES string of the molecule is CC[C@H](CO)NC1CCCCC1. The maximum absolute atomic E-state index is 8.99. The largest absolute Gasteiger partial charge is 0.395 e. The van der Waals surface area contributed by atoms with Gasteiger partial charge in [-0.2, -0.15) is 0 Å². The van der Waals surface area contributed by atoms with Gasteiger partial charge in [0.15, 0.2) is 0 Å². The average molecular weight is 171 g/mol. The van der Waals surface area contributed by atoms with Crippen molar-refractivity contribution in [1.82, 2.24) is 5.32 Å². The van der Waals surface area contributed by atoms with E-state index in [1.165, 1.54) is 32.1 Å². The predicted octanol–water partition coefficient (Wildman–Crippen LogP) is 1.68. The first kappa shape index (κ1) is 10.0. The van der Waals surface area contributed by atoms with Crippen LogP contribution in [0.1, 0.15) is 45.4 Å². The molecule has 0 amide bonds. The van der Waals surface area contributed by atoms with E-state index in [9.17, 15) is 0 Å². The zero-order valence-corrected chi connectivity index (χ0v) is 8.05. The van der Waals surface area contributed by atoms with Crippen molar-refractivity contribution in [1.29, 1.82) is 0 Å². The Labute approximate surface area is 75.4 Å². The molecule has 1 saturated carbocycles. The van der Waals surface area contributed by atoms with Crippen LogP contribution in [0.3, 0.4) is 0 Å². The van der Waals surface area contributed by atoms with Crippen LogP contribution in [0, 0.1) is 0 Å². The van der Waals surface area contributed by atoms with Gasteiger partial charge < -0.3 is 10.4 Å². The third-order valence-corrected chi connectivity index (χ3v) is 2.79. The first-order valence-corrected chi connectivity index (χ1v) is 5.23. The lowest BCUT2D eigenvalue weighted by molar-refractivity contribution is 0.215. The van der Waals surface area contributed by atoms with E-state index in [1.54, 1.807) is 0 Å². The summed E-state index contributed by atoms with van der Waals surface area (Å²) in [5, 5.41) is 12.5. The van der Waals surface area contributed by atoms with Crippen LogP contribution in [0.25, 0.3) is 0 Å². The maximum Gasteiger partial charge on any atom is 0.0584 e. The minimum absolute atomic E-state index is 0.285. The van der Waals surface area contributed by atoms with Crippen LogP contribution >= 0.6 is 0 Å². The molecule has 2 nitrogen and oxygen atoms in total. The van der Waals surface area contributed by atoms with Gasteiger partial charge in [-0.15, -0.1) is 0 Å². The third kappa shape index (κ3) is 3.11. The van der Waals surface area contributed by atoms with E-state index >= 15 is 0 Å². The Kier molecular flexibility index (Phi) is 4.62. The molecule has 1 atom stereocenters. The summed E-state index contributed by atoms with van der Waals surface area (Å²) >= 11 is 0. The van der Waals surface area contributed by atoms with Gasteiger partial charge in [0.25, 0.3) is 0 Å². The van der Waals surface area contributed by atoms with Gasteiger partial charge in [0.2, 0.25) is 0 Å². The van der Waals surface area contributed by atoms with Gasteiger partial charge in [-0.3, -0.25) is 0 Å². The van der Waals surface area contributed by atoms with Gasteiger partial charge in [-0.05, 0) is 19.3 Å². The first-order chi connectivity index (χ1) is 5.86. The molecule has 72 valence electrons. The second-order valence-corrected chi connectivity index (χ2v) is 3.79. The Morgan fingerprint density at radius 3 is 2.50 bits per heavy atom. The van der Waals surface area contributed by atoms with E-state index in [2.05, 4.69) is 12.2 Å². The third-order valence-electron chi connectivity index (χ3n) is 2.79. The summed E-state index contributed by atoms with van der Waals surface area (Å²) < 4.78 is 0. The molecule has 0 unspecified atom stereocenters. The van der Waals surface area contributed by atoms with Gasteiger partial charge in [0.05, 0.1) is 6.61 Å². The van der Waals surface area contributed by atoms with Crippen LogP contribution in [-0.4, -0.2) is 23.8 Å². The summed E-state index contributed by atoms with van der Waals surface area (Å²) in [5.41, 5.74) is 0. The molecule has 0 saturated heterocycles. The molecule has 0 bridgehead atoms. The van der Waals surface area contributed by atoms with Crippen LogP contribution in [0.5, 0.6) is 0 Å². The highest BCUT2D eigenvalue weighted by Crippen LogP contribution is 2.17. The van der Waals surface area contributed by atoms with Crippen molar-refractivity contribution in [2.75, 3.05) is 6.61 Å². The molecular weight excluding hydrogens is 150 g/mol. The van der Waals surface area contributed by atoms with E-state index in [0.717, 1.165) is 6.42 Å². The summed E-state index contributed by atoms with van der Waals surface area (Å²) in [5.74, 6) is 0. The highest BCUT2D eigenvalue weighted by molar-refractivity contribution is 4.76. The highest BCUT2D eigenvalue weighted by Gasteiger charge is 2.15. The van der Waals surface area contributed by atoms with Crippen LogP contribution in [-0.2, 0) is 0 Å². The van der Waals surface area contributed by atoms with Crippen LogP contribution in [0.15, 0.2) is 0 Å². The Morgan fingerprint density at radius 1 is 1.33 bits per heavy atom. The summed E-state index contributed by atoms with van der Waals surface area (Å²) in [6.07, 6.45) is 7.76. The molecular formula is C10H21NO. The number of hydrogen-bond donors (Lipinski definition) is 2. The van der Waals surface area contributed by atoms with Gasteiger partial charge in [-0.1, -0.05) is 26.2 Å². The smallest absolute Gasteiger partial charge is 0.0584 e. The number of nitrogens with one attached hydrogen (secondary N) is 1. The zero-order valence-electron chi connectivity index (χ0n) is 8.05. The number of hydrogen-bond acceptors (Lipinski definition) is 2. The average Bonchev–Trinajstić information content (AvgIpc) is 2.16. The number of aliphatic hydroxyl groups is 1. The van der Waals surface area contributed by atoms with Gasteiger partial charge >= 0.3 is 0 Å². The van der Waals surface area contributed by atoms with Crippen molar-refractivity contribution in [2.45, 2.75) is 57.5 Å². The Morgan fingerprint density at radius 2 is 2.00 bits per heavy atom. The lowest BCUT2D eigenvalue weighted by atomic mass is 9.95. The van der Waals surface area contributed by atoms with E-state index in [1.807, 2.05) is 0 Å². The fraction of sp³-hybridized carbons (Fsp3) is 1.00. The molecule has 1 rings (SSSR count). The molecule has 0 aromatic carbocycles. The molecule has 0 aliphatic heterocycles. The number of rotatable bonds is 4. The molecule has 2 heteroatoms. The summed E-state index contributed by atoms with van der Waals surface area (Å²) in [6.45, 7) is 2.41. The first-order valence-electron chi connectivity index (χ1n) is 5.23. The minimum atomic E-state index is 0.285. The van der Waals surface area contributed by atoms with Crippen molar-refractivity contribution in [3.63, 3.8) is 0 Å². The Hall–Kier alpha value is -0.0800. The second kappa shape index (κ2) is 5.55. The molecule has 0 aromatic heterocycles. The van der Waals surface area contributed by atoms with Gasteiger partial charge in [-0.25, -0.2) is 0 Å². The monoisotopic (exact) mass is 171 g/mol. The Balaban J connectivity index is 2.18. The standard InChI is InChI=1S/C10H21NO/c1-2-9(8-12)11-10-6-4-3-5-7-10/h9-12H,2-8H2,1H3/t9-/m1/s1. The molecule has 1 aliphatic rings. The normalized spacial score (nSPS) is 22.5. The van der Waals surface area contributed by atoms with Gasteiger partial charge in [0.1, 0.15) is 0 Å². The van der Waals surface area contributed by atoms with E-state index in [0.29, 0.717) is 12.1 Å². The molecule has 0 heterocycles. The molecule has 0 spiro atoms. The van der Waals surface area contributed by atoms with Crippen molar-refractivity contribution < 1.29 is 5.11 Å². The Bertz CT molecular complexity index is 106. The van der Waals surface area contributed by atoms with Crippen molar-refractivity contribution >= 4 is 0 Å². The molecule has 1 aliphatic carbocycles. The number of aliphatic hydroxyl groups excluding tert-OH is 1. The topological polar surface area (TPSA) is 32.3 Å². The van der Waals surface area contributed by atoms with Crippen LogP contribution in [0.4, 0.5) is 0 Å². The fourth-order valence-corrected chi connectivity index (χ4v) is 1.90. The summed E-state index contributed by atoms with van der Waals surface area (Å²) in [6, 6.07) is 1.00. The molecule has 0 radical (unpaired) electrons. The van der Waals surface area contributed by atoms with Crippen LogP contribution in [0.2, 0.25) is 0 Å². The molecule has 12 heavy (non-hydrogen) atoms. The molecule has 2 N–H and O–H groups in total. The van der Waals surface area contributed by atoms with Crippen molar-refractivity contribution in [3.8, 4) is 0 Å². The molecule has 1 fully saturated rings. The fourth-order valence-electron chi connectivity index (χ4n) is 1.90. The highest BCUT2D eigenvalue weighted by atomic mass is 16.3. The summed E-state index contributed by atoms with van der Waals surface area (Å²) in [4.78, 5) is 0. The maximum atomic E-state index is 8.99. The van der Waals surface area contributed by atoms with E-state index in [4.69, 9.17) is 5.11 Å². The second-order valence-electron chi connectivity index (χ2n) is 3.79. The summed E-state index contributed by atoms with van der Waals surface area (Å²) in [7, 11) is 0. The quantitative estimate of drug-likeness (QED) is 0.674. The van der Waals surface area contributed by atoms with Crippen LogP contribution < -0.4 is 5.32 Å². The van der Waals surface area contributed by atoms with Crippen molar-refractivity contribution in [3.05, 3.63) is 0 Å². The van der Waals surface area contributed by atoms with E-state index < -0.39 is 0 Å². The molecule has 0 aromatic rings. The lowest BCUT2D eigenvalue weighted by Crippen LogP contribution is -2.41. The lowest BCUT2D eigenvalue weighted by Gasteiger charge is -2.26. The van der Waals surface area contributed by atoms with Crippen molar-refractivity contribution in [2.24, 2.45) is 0 Å².